The highest BCUT2D eigenvalue weighted by Gasteiger charge is 2.20. The quantitative estimate of drug-likeness (QED) is 0.916. The van der Waals surface area contributed by atoms with Crippen LogP contribution in [0.4, 0.5) is 17.6 Å². The summed E-state index contributed by atoms with van der Waals surface area (Å²) in [5.41, 5.74) is 0.584. The Bertz CT molecular complexity index is 684. The molecule has 0 saturated carbocycles. The van der Waals surface area contributed by atoms with Gasteiger partial charge in [-0.1, -0.05) is 0 Å². The van der Waals surface area contributed by atoms with Crippen molar-refractivity contribution in [2.24, 2.45) is 0 Å². The molecule has 7 heteroatoms. The number of piperazine rings is 1. The van der Waals surface area contributed by atoms with Gasteiger partial charge in [0.15, 0.2) is 0 Å². The van der Waals surface area contributed by atoms with E-state index >= 15 is 0 Å². The van der Waals surface area contributed by atoms with Crippen molar-refractivity contribution in [3.8, 4) is 6.07 Å². The van der Waals surface area contributed by atoms with Crippen LogP contribution in [0.1, 0.15) is 12.5 Å². The smallest absolute Gasteiger partial charge is 0.227 e. The van der Waals surface area contributed by atoms with Gasteiger partial charge in [-0.05, 0) is 25.1 Å². The van der Waals surface area contributed by atoms with Crippen molar-refractivity contribution in [1.29, 1.82) is 5.26 Å². The van der Waals surface area contributed by atoms with E-state index in [0.717, 1.165) is 50.3 Å². The lowest BCUT2D eigenvalue weighted by atomic mass is 10.2. The zero-order valence-corrected chi connectivity index (χ0v) is 13.1. The van der Waals surface area contributed by atoms with Gasteiger partial charge in [0.1, 0.15) is 17.7 Å². The van der Waals surface area contributed by atoms with Gasteiger partial charge in [-0.2, -0.15) is 10.2 Å². The lowest BCUT2D eigenvalue weighted by Gasteiger charge is -2.35. The molecular formula is C16H19N7. The van der Waals surface area contributed by atoms with Gasteiger partial charge in [0, 0.05) is 45.1 Å². The number of nitriles is 1. The van der Waals surface area contributed by atoms with E-state index in [-0.39, 0.29) is 0 Å². The molecule has 0 atom stereocenters. The number of anilines is 3. The standard InChI is InChI=1S/C16H19N7/c1-2-18-14-5-6-19-16(21-14)23-9-7-22(8-10-23)15-4-3-13(11-17)12-20-15/h3-6,12H,2,7-10H2,1H3,(H,18,19,21). The van der Waals surface area contributed by atoms with E-state index in [1.54, 1.807) is 18.5 Å². The molecule has 0 amide bonds. The third-order valence-electron chi connectivity index (χ3n) is 3.76. The number of hydrogen-bond acceptors (Lipinski definition) is 7. The second kappa shape index (κ2) is 6.92. The topological polar surface area (TPSA) is 81.0 Å². The zero-order valence-electron chi connectivity index (χ0n) is 13.1. The molecule has 3 rings (SSSR count). The van der Waals surface area contributed by atoms with Gasteiger partial charge in [0.05, 0.1) is 5.56 Å². The predicted octanol–water partition coefficient (Wildman–Crippen LogP) is 1.50. The monoisotopic (exact) mass is 309 g/mol. The maximum absolute atomic E-state index is 8.83. The summed E-state index contributed by atoms with van der Waals surface area (Å²) in [6.07, 6.45) is 3.40. The minimum absolute atomic E-state index is 0.584. The van der Waals surface area contributed by atoms with Crippen molar-refractivity contribution >= 4 is 17.6 Å². The van der Waals surface area contributed by atoms with Gasteiger partial charge < -0.3 is 15.1 Å². The Morgan fingerprint density at radius 3 is 2.57 bits per heavy atom. The number of nitrogens with zero attached hydrogens (tertiary/aromatic N) is 6. The van der Waals surface area contributed by atoms with Crippen LogP contribution in [0.5, 0.6) is 0 Å². The van der Waals surface area contributed by atoms with Gasteiger partial charge in [0.2, 0.25) is 5.95 Å². The molecule has 0 aliphatic carbocycles. The van der Waals surface area contributed by atoms with E-state index in [1.165, 1.54) is 0 Å². The first-order valence-electron chi connectivity index (χ1n) is 7.73. The molecule has 1 aliphatic heterocycles. The highest BCUT2D eigenvalue weighted by Crippen LogP contribution is 2.17. The number of rotatable bonds is 4. The predicted molar refractivity (Wildman–Crippen MR) is 89.6 cm³/mol. The molecule has 0 radical (unpaired) electrons. The van der Waals surface area contributed by atoms with Crippen LogP contribution in [0, 0.1) is 11.3 Å². The van der Waals surface area contributed by atoms with Crippen molar-refractivity contribution in [1.82, 2.24) is 15.0 Å². The normalized spacial score (nSPS) is 14.4. The molecule has 1 fully saturated rings. The van der Waals surface area contributed by atoms with Gasteiger partial charge in [-0.15, -0.1) is 0 Å². The van der Waals surface area contributed by atoms with Crippen LogP contribution < -0.4 is 15.1 Å². The lowest BCUT2D eigenvalue weighted by molar-refractivity contribution is 0.635. The summed E-state index contributed by atoms with van der Waals surface area (Å²) in [4.78, 5) is 17.7. The Balaban J connectivity index is 1.63. The van der Waals surface area contributed by atoms with E-state index in [2.05, 4.69) is 36.1 Å². The minimum Gasteiger partial charge on any atom is -0.370 e. The van der Waals surface area contributed by atoms with Crippen molar-refractivity contribution in [3.05, 3.63) is 36.2 Å². The van der Waals surface area contributed by atoms with E-state index in [1.807, 2.05) is 19.1 Å². The van der Waals surface area contributed by atoms with Crippen LogP contribution in [0.3, 0.4) is 0 Å². The Kier molecular flexibility index (Phi) is 4.52. The molecular weight excluding hydrogens is 290 g/mol. The molecule has 23 heavy (non-hydrogen) atoms. The van der Waals surface area contributed by atoms with Crippen molar-refractivity contribution in [2.45, 2.75) is 6.92 Å². The third-order valence-corrected chi connectivity index (χ3v) is 3.76. The molecule has 118 valence electrons. The van der Waals surface area contributed by atoms with Crippen LogP contribution in [0.25, 0.3) is 0 Å². The molecule has 0 spiro atoms. The van der Waals surface area contributed by atoms with E-state index in [0.29, 0.717) is 5.56 Å². The summed E-state index contributed by atoms with van der Waals surface area (Å²) < 4.78 is 0. The summed E-state index contributed by atoms with van der Waals surface area (Å²) in [7, 11) is 0. The summed E-state index contributed by atoms with van der Waals surface area (Å²) in [6.45, 7) is 6.29. The molecule has 0 bridgehead atoms. The second-order valence-corrected chi connectivity index (χ2v) is 5.26. The molecule has 7 nitrogen and oxygen atoms in total. The summed E-state index contributed by atoms with van der Waals surface area (Å²) in [5.74, 6) is 2.52. The highest BCUT2D eigenvalue weighted by molar-refractivity contribution is 5.46. The first kappa shape index (κ1) is 15.0. The van der Waals surface area contributed by atoms with Gasteiger partial charge >= 0.3 is 0 Å². The van der Waals surface area contributed by atoms with Crippen molar-refractivity contribution in [3.63, 3.8) is 0 Å². The number of hydrogen-bond donors (Lipinski definition) is 1. The summed E-state index contributed by atoms with van der Waals surface area (Å²) >= 11 is 0. The Hall–Kier alpha value is -2.88. The maximum Gasteiger partial charge on any atom is 0.227 e. The highest BCUT2D eigenvalue weighted by atomic mass is 15.3. The summed E-state index contributed by atoms with van der Waals surface area (Å²) in [6, 6.07) is 7.67. The van der Waals surface area contributed by atoms with Crippen molar-refractivity contribution in [2.75, 3.05) is 47.8 Å². The lowest BCUT2D eigenvalue weighted by Crippen LogP contribution is -2.47. The third kappa shape index (κ3) is 3.48. The average Bonchev–Trinajstić information content (AvgIpc) is 2.62. The maximum atomic E-state index is 8.83. The van der Waals surface area contributed by atoms with Crippen LogP contribution in [0.2, 0.25) is 0 Å². The largest absolute Gasteiger partial charge is 0.370 e. The summed E-state index contributed by atoms with van der Waals surface area (Å²) in [5, 5.41) is 12.0. The van der Waals surface area contributed by atoms with Gasteiger partial charge in [-0.25, -0.2) is 9.97 Å². The fourth-order valence-electron chi connectivity index (χ4n) is 2.56. The molecule has 2 aromatic heterocycles. The molecule has 1 saturated heterocycles. The van der Waals surface area contributed by atoms with Crippen LogP contribution in [0.15, 0.2) is 30.6 Å². The van der Waals surface area contributed by atoms with E-state index in [4.69, 9.17) is 5.26 Å². The molecule has 0 aromatic carbocycles. The number of aromatic nitrogens is 3. The molecule has 1 aliphatic rings. The number of pyridine rings is 1. The minimum atomic E-state index is 0.584. The molecule has 0 unspecified atom stereocenters. The van der Waals surface area contributed by atoms with Gasteiger partial charge in [-0.3, -0.25) is 0 Å². The zero-order chi connectivity index (χ0) is 16.1. The van der Waals surface area contributed by atoms with Gasteiger partial charge in [0.25, 0.3) is 0 Å². The first-order valence-corrected chi connectivity index (χ1v) is 7.73. The average molecular weight is 309 g/mol. The number of nitrogens with one attached hydrogen (secondary N) is 1. The molecule has 2 aromatic rings. The van der Waals surface area contributed by atoms with Crippen LogP contribution >= 0.6 is 0 Å². The SMILES string of the molecule is CCNc1ccnc(N2CCN(c3ccc(C#N)cn3)CC2)n1. The van der Waals surface area contributed by atoms with Crippen molar-refractivity contribution < 1.29 is 0 Å². The Morgan fingerprint density at radius 2 is 1.91 bits per heavy atom. The molecule has 3 heterocycles. The van der Waals surface area contributed by atoms with E-state index in [9.17, 15) is 0 Å². The second-order valence-electron chi connectivity index (χ2n) is 5.26. The Morgan fingerprint density at radius 1 is 1.13 bits per heavy atom. The molecule has 1 N–H and O–H groups in total. The van der Waals surface area contributed by atoms with Crippen LogP contribution in [-0.4, -0.2) is 47.7 Å². The fraction of sp³-hybridized carbons (Fsp3) is 0.375. The van der Waals surface area contributed by atoms with Crippen LogP contribution in [-0.2, 0) is 0 Å². The Labute approximate surface area is 135 Å². The fourth-order valence-corrected chi connectivity index (χ4v) is 2.56. The first-order chi connectivity index (χ1) is 11.3. The van der Waals surface area contributed by atoms with E-state index < -0.39 is 0 Å².